The van der Waals surface area contributed by atoms with E-state index in [-0.39, 0.29) is 0 Å². The van der Waals surface area contributed by atoms with Gasteiger partial charge in [-0.1, -0.05) is 6.08 Å². The molecular formula is C12H19NO. The third-order valence-corrected chi connectivity index (χ3v) is 3.50. The van der Waals surface area contributed by atoms with E-state index in [1.807, 2.05) is 13.0 Å². The van der Waals surface area contributed by atoms with Gasteiger partial charge in [-0.25, -0.2) is 0 Å². The molecule has 0 aromatic heterocycles. The second kappa shape index (κ2) is 4.26. The number of carbonyl (C=O) groups excluding carboxylic acids is 1. The van der Waals surface area contributed by atoms with E-state index in [1.54, 1.807) is 6.08 Å². The molecule has 1 aliphatic carbocycles. The number of piperidine rings is 1. The monoisotopic (exact) mass is 193 g/mol. The summed E-state index contributed by atoms with van der Waals surface area (Å²) in [4.78, 5) is 11.7. The molecule has 0 radical (unpaired) electrons. The molecule has 2 aliphatic rings. The van der Waals surface area contributed by atoms with Crippen molar-refractivity contribution in [3.8, 4) is 0 Å². The van der Waals surface area contributed by atoms with Gasteiger partial charge in [0.1, 0.15) is 0 Å². The molecule has 1 N–H and O–H groups in total. The molecule has 3 atom stereocenters. The molecule has 2 rings (SSSR count). The highest BCUT2D eigenvalue weighted by molar-refractivity contribution is 5.91. The number of allylic oxidation sites excluding steroid dienone is 2. The van der Waals surface area contributed by atoms with Gasteiger partial charge >= 0.3 is 0 Å². The Balaban J connectivity index is 1.98. The Bertz CT molecular complexity index is 235. The molecule has 2 fully saturated rings. The van der Waals surface area contributed by atoms with Crippen LogP contribution >= 0.6 is 0 Å². The minimum absolute atomic E-state index is 0.317. The number of rotatable bonds is 2. The van der Waals surface area contributed by atoms with Crippen molar-refractivity contribution in [3.05, 3.63) is 12.2 Å². The average Bonchev–Trinajstić information content (AvgIpc) is 2.17. The molecule has 1 unspecified atom stereocenters. The fourth-order valence-electron chi connectivity index (χ4n) is 2.92. The summed E-state index contributed by atoms with van der Waals surface area (Å²) in [7, 11) is 0. The molecule has 2 nitrogen and oxygen atoms in total. The molecule has 1 heterocycles. The summed E-state index contributed by atoms with van der Waals surface area (Å²) in [6.07, 6.45) is 7.16. The van der Waals surface area contributed by atoms with Crippen molar-refractivity contribution in [1.29, 1.82) is 0 Å². The fraction of sp³-hybridized carbons (Fsp3) is 0.750. The van der Waals surface area contributed by atoms with Crippen molar-refractivity contribution >= 4 is 5.78 Å². The molecule has 1 aliphatic heterocycles. The minimum Gasteiger partial charge on any atom is -0.316 e. The first-order chi connectivity index (χ1) is 6.79. The number of hydrogen-bond donors (Lipinski definition) is 1. The Morgan fingerprint density at radius 3 is 2.43 bits per heavy atom. The first-order valence-corrected chi connectivity index (χ1v) is 5.67. The van der Waals surface area contributed by atoms with E-state index >= 15 is 0 Å². The predicted octanol–water partition coefficient (Wildman–Crippen LogP) is 1.77. The number of nitrogens with one attached hydrogen (secondary N) is 1. The van der Waals surface area contributed by atoms with Crippen LogP contribution in [0.4, 0.5) is 0 Å². The predicted molar refractivity (Wildman–Crippen MR) is 57.0 cm³/mol. The zero-order valence-corrected chi connectivity index (χ0v) is 8.83. The topological polar surface area (TPSA) is 29.1 Å². The number of ketones is 1. The summed E-state index contributed by atoms with van der Waals surface area (Å²) >= 11 is 0. The summed E-state index contributed by atoms with van der Waals surface area (Å²) in [6.45, 7) is 4.16. The van der Waals surface area contributed by atoms with E-state index in [9.17, 15) is 4.79 Å². The van der Waals surface area contributed by atoms with Crippen molar-refractivity contribution in [2.45, 2.75) is 26.2 Å². The fourth-order valence-corrected chi connectivity index (χ4v) is 2.92. The molecular weight excluding hydrogens is 174 g/mol. The van der Waals surface area contributed by atoms with E-state index in [2.05, 4.69) is 5.32 Å². The van der Waals surface area contributed by atoms with Crippen LogP contribution in [0.25, 0.3) is 0 Å². The maximum atomic E-state index is 11.7. The largest absolute Gasteiger partial charge is 0.316 e. The van der Waals surface area contributed by atoms with E-state index in [0.29, 0.717) is 11.7 Å². The Hall–Kier alpha value is -0.630. The second-order valence-electron chi connectivity index (χ2n) is 4.70. The molecule has 0 amide bonds. The highest BCUT2D eigenvalue weighted by Crippen LogP contribution is 2.35. The quantitative estimate of drug-likeness (QED) is 0.677. The lowest BCUT2D eigenvalue weighted by Gasteiger charge is -2.38. The number of carbonyl (C=O) groups is 1. The Morgan fingerprint density at radius 1 is 1.21 bits per heavy atom. The molecule has 2 heteroatoms. The van der Waals surface area contributed by atoms with Crippen LogP contribution in [0.5, 0.6) is 0 Å². The van der Waals surface area contributed by atoms with Gasteiger partial charge in [0.2, 0.25) is 0 Å². The zero-order valence-electron chi connectivity index (χ0n) is 8.83. The van der Waals surface area contributed by atoms with Crippen LogP contribution in [0.2, 0.25) is 0 Å². The van der Waals surface area contributed by atoms with Gasteiger partial charge in [-0.05, 0) is 57.2 Å². The van der Waals surface area contributed by atoms with Crippen molar-refractivity contribution in [3.63, 3.8) is 0 Å². The molecule has 78 valence electrons. The van der Waals surface area contributed by atoms with Crippen LogP contribution in [0.3, 0.4) is 0 Å². The van der Waals surface area contributed by atoms with Gasteiger partial charge in [-0.3, -0.25) is 4.79 Å². The van der Waals surface area contributed by atoms with Crippen LogP contribution < -0.4 is 5.32 Å². The second-order valence-corrected chi connectivity index (χ2v) is 4.70. The SMILES string of the molecule is C/C=C/C(=O)C1C[C@H]2CNC[C@@H](C1)C2. The maximum Gasteiger partial charge on any atom is 0.158 e. The highest BCUT2D eigenvalue weighted by atomic mass is 16.1. The summed E-state index contributed by atoms with van der Waals surface area (Å²) in [5.41, 5.74) is 0. The summed E-state index contributed by atoms with van der Waals surface area (Å²) in [5.74, 6) is 2.17. The zero-order chi connectivity index (χ0) is 9.97. The molecule has 0 aromatic carbocycles. The number of fused-ring (bicyclic) bond motifs is 2. The minimum atomic E-state index is 0.317. The third kappa shape index (κ3) is 2.06. The maximum absolute atomic E-state index is 11.7. The van der Waals surface area contributed by atoms with Gasteiger partial charge < -0.3 is 5.32 Å². The van der Waals surface area contributed by atoms with Crippen LogP contribution in [0, 0.1) is 17.8 Å². The highest BCUT2D eigenvalue weighted by Gasteiger charge is 2.33. The lowest BCUT2D eigenvalue weighted by Crippen LogP contribution is -2.42. The third-order valence-electron chi connectivity index (χ3n) is 3.50. The van der Waals surface area contributed by atoms with Crippen molar-refractivity contribution < 1.29 is 4.79 Å². The van der Waals surface area contributed by atoms with Crippen molar-refractivity contribution in [2.75, 3.05) is 13.1 Å². The molecule has 1 saturated heterocycles. The standard InChI is InChI=1S/C12H19NO/c1-2-3-12(14)11-5-9-4-10(6-11)8-13-7-9/h2-3,9-11,13H,4-8H2,1H3/b3-2+/t9-,10+,11?. The van der Waals surface area contributed by atoms with Crippen LogP contribution in [-0.2, 0) is 4.79 Å². The van der Waals surface area contributed by atoms with Crippen LogP contribution in [0.1, 0.15) is 26.2 Å². The van der Waals surface area contributed by atoms with Crippen molar-refractivity contribution in [2.24, 2.45) is 17.8 Å². The summed E-state index contributed by atoms with van der Waals surface area (Å²) in [5, 5.41) is 3.45. The van der Waals surface area contributed by atoms with E-state index in [1.165, 1.54) is 6.42 Å². The van der Waals surface area contributed by atoms with Crippen LogP contribution in [0.15, 0.2) is 12.2 Å². The summed E-state index contributed by atoms with van der Waals surface area (Å²) in [6, 6.07) is 0. The Labute approximate surface area is 85.8 Å². The molecule has 1 saturated carbocycles. The average molecular weight is 193 g/mol. The molecule has 0 aromatic rings. The Kier molecular flexibility index (Phi) is 3.02. The molecule has 2 bridgehead atoms. The van der Waals surface area contributed by atoms with Crippen molar-refractivity contribution in [1.82, 2.24) is 5.32 Å². The first kappa shape index (κ1) is 9.91. The molecule has 0 spiro atoms. The number of hydrogen-bond acceptors (Lipinski definition) is 2. The lowest BCUT2D eigenvalue weighted by atomic mass is 9.71. The smallest absolute Gasteiger partial charge is 0.158 e. The molecule has 14 heavy (non-hydrogen) atoms. The van der Waals surface area contributed by atoms with Crippen LogP contribution in [-0.4, -0.2) is 18.9 Å². The Morgan fingerprint density at radius 2 is 1.86 bits per heavy atom. The normalized spacial score (nSPS) is 37.4. The van der Waals surface area contributed by atoms with Gasteiger partial charge in [0.05, 0.1) is 0 Å². The van der Waals surface area contributed by atoms with Gasteiger partial charge in [0, 0.05) is 5.92 Å². The first-order valence-electron chi connectivity index (χ1n) is 5.67. The van der Waals surface area contributed by atoms with E-state index in [4.69, 9.17) is 0 Å². The van der Waals surface area contributed by atoms with Gasteiger partial charge in [0.25, 0.3) is 0 Å². The van der Waals surface area contributed by atoms with Gasteiger partial charge in [0.15, 0.2) is 5.78 Å². The van der Waals surface area contributed by atoms with E-state index in [0.717, 1.165) is 37.8 Å². The van der Waals surface area contributed by atoms with Gasteiger partial charge in [-0.2, -0.15) is 0 Å². The van der Waals surface area contributed by atoms with E-state index < -0.39 is 0 Å². The summed E-state index contributed by atoms with van der Waals surface area (Å²) < 4.78 is 0. The lowest BCUT2D eigenvalue weighted by molar-refractivity contribution is -0.120. The van der Waals surface area contributed by atoms with Gasteiger partial charge in [-0.15, -0.1) is 0 Å².